The summed E-state index contributed by atoms with van der Waals surface area (Å²) < 4.78 is 38.3. The number of aromatic nitrogens is 4. The van der Waals surface area contributed by atoms with E-state index in [9.17, 15) is 9.18 Å². The molecule has 3 heterocycles. The second-order valence-corrected chi connectivity index (χ2v) is 7.66. The number of likely N-dealkylation sites (N-methyl/N-ethyl adjacent to an activating group) is 1. The number of nitrogens with one attached hydrogen (secondary N) is 1. The number of nitrogens with zero attached hydrogens (tertiary/aromatic N) is 5. The van der Waals surface area contributed by atoms with E-state index in [1.165, 1.54) is 17.0 Å². The smallest absolute Gasteiger partial charge is 0.273 e. The summed E-state index contributed by atoms with van der Waals surface area (Å²) in [5.41, 5.74) is 3.52. The van der Waals surface area contributed by atoms with Gasteiger partial charge in [-0.1, -0.05) is 24.3 Å². The summed E-state index contributed by atoms with van der Waals surface area (Å²) in [6.45, 7) is 1.85. The first kappa shape index (κ1) is 16.2. The van der Waals surface area contributed by atoms with Crippen LogP contribution in [0.2, 0.25) is 0 Å². The number of hydrogen-bond donors (Lipinski definition) is 1. The molecule has 0 bridgehead atoms. The number of fused-ring (bicyclic) bond motifs is 1. The maximum Gasteiger partial charge on any atom is 0.273 e. The number of piperazine rings is 1. The Morgan fingerprint density at radius 2 is 1.87 bits per heavy atom. The van der Waals surface area contributed by atoms with Crippen LogP contribution >= 0.6 is 0 Å². The van der Waals surface area contributed by atoms with Gasteiger partial charge in [-0.25, -0.2) is 4.39 Å². The van der Waals surface area contributed by atoms with Crippen molar-refractivity contribution in [2.24, 2.45) is 0 Å². The first-order valence-corrected chi connectivity index (χ1v) is 10.1. The molecule has 1 fully saturated rings. The molecule has 0 atom stereocenters. The monoisotopic (exact) mass is 421 g/mol. The Bertz CT molecular complexity index is 1380. The lowest BCUT2D eigenvalue weighted by Crippen LogP contribution is -2.44. The molecular weight excluding hydrogens is 395 g/mol. The molecule has 2 aromatic heterocycles. The molecule has 8 heteroatoms. The van der Waals surface area contributed by atoms with Crippen LogP contribution in [0, 0.1) is 12.7 Å². The summed E-state index contributed by atoms with van der Waals surface area (Å²) in [5.74, 6) is -0.526. The Morgan fingerprint density at radius 1 is 1.10 bits per heavy atom. The van der Waals surface area contributed by atoms with Gasteiger partial charge in [0.05, 0.1) is 5.52 Å². The summed E-state index contributed by atoms with van der Waals surface area (Å²) in [7, 11) is 0. The normalized spacial score (nSPS) is 16.8. The van der Waals surface area contributed by atoms with E-state index >= 15 is 0 Å². The van der Waals surface area contributed by atoms with Crippen LogP contribution < -0.4 is 10.5 Å². The van der Waals surface area contributed by atoms with Gasteiger partial charge in [-0.3, -0.25) is 9.89 Å². The summed E-state index contributed by atoms with van der Waals surface area (Å²) in [5, 5.41) is 11.6. The van der Waals surface area contributed by atoms with Gasteiger partial charge in [0.25, 0.3) is 5.56 Å². The van der Waals surface area contributed by atoms with E-state index in [0.717, 1.165) is 15.9 Å². The van der Waals surface area contributed by atoms with Crippen molar-refractivity contribution in [1.82, 2.24) is 24.9 Å². The number of benzene rings is 2. The van der Waals surface area contributed by atoms with Crippen molar-refractivity contribution in [3.8, 4) is 16.9 Å². The maximum atomic E-state index is 14.5. The maximum absolute atomic E-state index is 14.5. The topological polar surface area (TPSA) is 70.0 Å². The van der Waals surface area contributed by atoms with Gasteiger partial charge in [0, 0.05) is 47.6 Å². The van der Waals surface area contributed by atoms with Crippen molar-refractivity contribution < 1.29 is 8.50 Å². The van der Waals surface area contributed by atoms with Crippen LogP contribution in [-0.4, -0.2) is 58.0 Å². The van der Waals surface area contributed by atoms with Gasteiger partial charge in [0.1, 0.15) is 22.7 Å². The summed E-state index contributed by atoms with van der Waals surface area (Å²) >= 11 is 0. The fourth-order valence-electron chi connectivity index (χ4n) is 3.93. The molecule has 0 unspecified atom stereocenters. The fraction of sp³-hybridized carbons (Fsp3) is 0.261. The number of H-pyrrole nitrogens is 1. The van der Waals surface area contributed by atoms with Gasteiger partial charge in [0.15, 0.2) is 0 Å². The van der Waals surface area contributed by atoms with Gasteiger partial charge in [-0.05, 0) is 37.7 Å². The summed E-state index contributed by atoms with van der Waals surface area (Å²) in [4.78, 5) is 16.3. The van der Waals surface area contributed by atoms with Gasteiger partial charge in [0.2, 0.25) is 0 Å². The molecule has 158 valence electrons. The second-order valence-electron chi connectivity index (χ2n) is 7.66. The number of aromatic amines is 1. The summed E-state index contributed by atoms with van der Waals surface area (Å²) in [6.07, 6.45) is 0. The van der Waals surface area contributed by atoms with Crippen LogP contribution in [-0.2, 0) is 0 Å². The van der Waals surface area contributed by atoms with Crippen LogP contribution in [0.4, 0.5) is 10.1 Å². The predicted molar refractivity (Wildman–Crippen MR) is 119 cm³/mol. The van der Waals surface area contributed by atoms with Crippen LogP contribution in [0.3, 0.4) is 0 Å². The molecule has 1 aliphatic rings. The van der Waals surface area contributed by atoms with Crippen LogP contribution in [0.5, 0.6) is 0 Å². The Hall–Kier alpha value is -3.52. The molecule has 0 aliphatic carbocycles. The van der Waals surface area contributed by atoms with Crippen molar-refractivity contribution in [1.29, 1.82) is 0 Å². The van der Waals surface area contributed by atoms with Gasteiger partial charge < -0.3 is 9.80 Å². The number of rotatable bonds is 3. The standard InChI is InChI=1S/C23H23FN6O/c1-15-4-3-5-18(24)23(15)30-20(31)14-19-22(27-30)21(26-25-19)16-6-8-17(9-7-16)29-12-10-28(2)11-13-29/h3-9,14,25H,10-13H2,1-2H3/i2D3. The number of anilines is 1. The van der Waals surface area contributed by atoms with E-state index < -0.39 is 18.4 Å². The molecule has 4 aromatic rings. The molecule has 0 radical (unpaired) electrons. The highest BCUT2D eigenvalue weighted by atomic mass is 19.1. The molecular formula is C23H23FN6O. The molecule has 5 rings (SSSR count). The van der Waals surface area contributed by atoms with E-state index in [2.05, 4.69) is 20.2 Å². The van der Waals surface area contributed by atoms with E-state index in [-0.39, 0.29) is 5.69 Å². The zero-order valence-electron chi connectivity index (χ0n) is 20.0. The molecule has 31 heavy (non-hydrogen) atoms. The van der Waals surface area contributed by atoms with Crippen molar-refractivity contribution >= 4 is 16.7 Å². The molecule has 2 aromatic carbocycles. The average molecular weight is 421 g/mol. The number of hydrogen-bond acceptors (Lipinski definition) is 5. The molecule has 1 N–H and O–H groups in total. The Labute approximate surface area is 182 Å². The molecule has 1 saturated heterocycles. The van der Waals surface area contributed by atoms with Crippen LogP contribution in [0.25, 0.3) is 28.0 Å². The Balaban J connectivity index is 1.46. The van der Waals surface area contributed by atoms with Crippen molar-refractivity contribution in [3.05, 3.63) is 70.3 Å². The Morgan fingerprint density at radius 3 is 2.58 bits per heavy atom. The molecule has 0 amide bonds. The third-order valence-electron chi connectivity index (χ3n) is 5.63. The molecule has 0 saturated carbocycles. The number of para-hydroxylation sites is 1. The highest BCUT2D eigenvalue weighted by Crippen LogP contribution is 2.27. The lowest BCUT2D eigenvalue weighted by Gasteiger charge is -2.34. The third-order valence-corrected chi connectivity index (χ3v) is 5.63. The zero-order chi connectivity index (χ0) is 24.0. The molecule has 7 nitrogen and oxygen atoms in total. The van der Waals surface area contributed by atoms with Crippen molar-refractivity contribution in [2.45, 2.75) is 6.92 Å². The van der Waals surface area contributed by atoms with Crippen LogP contribution in [0.15, 0.2) is 53.3 Å². The average Bonchev–Trinajstić information content (AvgIpc) is 3.21. The number of halogens is 1. The highest BCUT2D eigenvalue weighted by molar-refractivity contribution is 5.89. The molecule has 0 spiro atoms. The highest BCUT2D eigenvalue weighted by Gasteiger charge is 2.18. The SMILES string of the molecule is [2H]C([2H])([2H])N1CCN(c2ccc(-c3n[nH]c4cc(=O)n(-c5c(C)cccc5F)nc34)cc2)CC1. The van der Waals surface area contributed by atoms with E-state index in [4.69, 9.17) is 4.11 Å². The predicted octanol–water partition coefficient (Wildman–Crippen LogP) is 2.98. The van der Waals surface area contributed by atoms with Gasteiger partial charge in [-0.15, -0.1) is 0 Å². The Kier molecular flexibility index (Phi) is 3.99. The minimum atomic E-state index is -2.06. The zero-order valence-corrected chi connectivity index (χ0v) is 17.0. The second kappa shape index (κ2) is 7.63. The molecule has 1 aliphatic heterocycles. The quantitative estimate of drug-likeness (QED) is 0.551. The van der Waals surface area contributed by atoms with Crippen molar-refractivity contribution in [3.63, 3.8) is 0 Å². The van der Waals surface area contributed by atoms with Crippen molar-refractivity contribution in [2.75, 3.05) is 38.1 Å². The lowest BCUT2D eigenvalue weighted by atomic mass is 10.1. The van der Waals surface area contributed by atoms with E-state index in [0.29, 0.717) is 48.5 Å². The summed E-state index contributed by atoms with van der Waals surface area (Å²) in [6, 6.07) is 13.7. The minimum absolute atomic E-state index is 0.119. The van der Waals surface area contributed by atoms with E-state index in [1.807, 2.05) is 24.3 Å². The van der Waals surface area contributed by atoms with E-state index in [1.54, 1.807) is 19.1 Å². The van der Waals surface area contributed by atoms with Gasteiger partial charge in [-0.2, -0.15) is 14.9 Å². The largest absolute Gasteiger partial charge is 0.369 e. The fourth-order valence-corrected chi connectivity index (χ4v) is 3.93. The lowest BCUT2D eigenvalue weighted by molar-refractivity contribution is 0.313. The third kappa shape index (κ3) is 3.48. The minimum Gasteiger partial charge on any atom is -0.369 e. The first-order valence-electron chi connectivity index (χ1n) is 11.6. The van der Waals surface area contributed by atoms with Crippen LogP contribution in [0.1, 0.15) is 9.68 Å². The van der Waals surface area contributed by atoms with Gasteiger partial charge >= 0.3 is 0 Å². The first-order chi connectivity index (χ1) is 16.2. The number of aryl methyl sites for hydroxylation is 1.